The number of aryl methyl sites for hydroxylation is 3. The summed E-state index contributed by atoms with van der Waals surface area (Å²) in [6.45, 7) is 7.38. The van der Waals surface area contributed by atoms with Crippen LogP contribution in [0, 0.1) is 20.8 Å². The summed E-state index contributed by atoms with van der Waals surface area (Å²) in [5.74, 6) is -0.366. The van der Waals surface area contributed by atoms with E-state index in [1.165, 1.54) is 7.11 Å². The van der Waals surface area contributed by atoms with Crippen molar-refractivity contribution in [3.63, 3.8) is 0 Å². The van der Waals surface area contributed by atoms with Gasteiger partial charge in [-0.15, -0.1) is 0 Å². The Labute approximate surface area is 142 Å². The molecule has 0 radical (unpaired) electrons. The predicted molar refractivity (Wildman–Crippen MR) is 92.9 cm³/mol. The van der Waals surface area contributed by atoms with E-state index in [2.05, 4.69) is 0 Å². The highest BCUT2D eigenvalue weighted by atomic mass is 16.5. The molecular weight excluding hydrogens is 304 g/mol. The third-order valence-corrected chi connectivity index (χ3v) is 4.02. The van der Waals surface area contributed by atoms with E-state index < -0.39 is 12.1 Å². The molecule has 0 aliphatic rings. The van der Waals surface area contributed by atoms with Crippen LogP contribution in [0.4, 0.5) is 0 Å². The molecule has 0 N–H and O–H groups in total. The molecule has 2 rings (SSSR count). The summed E-state index contributed by atoms with van der Waals surface area (Å²) in [7, 11) is 1.49. The first-order chi connectivity index (χ1) is 11.3. The average molecular weight is 326 g/mol. The van der Waals surface area contributed by atoms with Crippen LogP contribution in [0.1, 0.15) is 44.3 Å². The van der Waals surface area contributed by atoms with E-state index in [1.807, 2.05) is 39.0 Å². The third kappa shape index (κ3) is 3.82. The molecule has 4 nitrogen and oxygen atoms in total. The van der Waals surface area contributed by atoms with Gasteiger partial charge in [0.1, 0.15) is 11.3 Å². The van der Waals surface area contributed by atoms with Crippen molar-refractivity contribution in [2.75, 3.05) is 7.11 Å². The molecule has 0 aromatic heterocycles. The fourth-order valence-corrected chi connectivity index (χ4v) is 2.39. The highest BCUT2D eigenvalue weighted by molar-refractivity contribution is 6.02. The Kier molecular flexibility index (Phi) is 5.39. The first kappa shape index (κ1) is 17.7. The van der Waals surface area contributed by atoms with Crippen molar-refractivity contribution in [2.24, 2.45) is 0 Å². The number of ketones is 1. The highest BCUT2D eigenvalue weighted by Gasteiger charge is 2.22. The molecular formula is C20H22O4. The second-order valence-electron chi connectivity index (χ2n) is 5.91. The lowest BCUT2D eigenvalue weighted by Gasteiger charge is -2.15. The summed E-state index contributed by atoms with van der Waals surface area (Å²) in [5.41, 5.74) is 3.91. The molecule has 0 aliphatic carbocycles. The van der Waals surface area contributed by atoms with Gasteiger partial charge in [0.05, 0.1) is 7.11 Å². The summed E-state index contributed by atoms with van der Waals surface area (Å²) in [6, 6.07) is 10.7. The van der Waals surface area contributed by atoms with E-state index in [1.54, 1.807) is 25.1 Å². The first-order valence-electron chi connectivity index (χ1n) is 7.80. The Morgan fingerprint density at radius 1 is 0.958 bits per heavy atom. The summed E-state index contributed by atoms with van der Waals surface area (Å²) < 4.78 is 10.5. The zero-order chi connectivity index (χ0) is 17.9. The third-order valence-electron chi connectivity index (χ3n) is 4.02. The van der Waals surface area contributed by atoms with Crippen LogP contribution in [0.2, 0.25) is 0 Å². The van der Waals surface area contributed by atoms with Crippen molar-refractivity contribution in [1.29, 1.82) is 0 Å². The van der Waals surface area contributed by atoms with E-state index in [0.29, 0.717) is 16.9 Å². The molecule has 2 aromatic rings. The second kappa shape index (κ2) is 7.30. The second-order valence-corrected chi connectivity index (χ2v) is 5.91. The Hall–Kier alpha value is -2.62. The van der Waals surface area contributed by atoms with Crippen molar-refractivity contribution in [3.05, 3.63) is 64.2 Å². The number of methoxy groups -OCH3 is 1. The number of benzene rings is 2. The summed E-state index contributed by atoms with van der Waals surface area (Å²) in [4.78, 5) is 24.9. The monoisotopic (exact) mass is 326 g/mol. The topological polar surface area (TPSA) is 52.6 Å². The molecule has 0 heterocycles. The summed E-state index contributed by atoms with van der Waals surface area (Å²) >= 11 is 0. The lowest BCUT2D eigenvalue weighted by molar-refractivity contribution is 0.0316. The zero-order valence-corrected chi connectivity index (χ0v) is 14.7. The zero-order valence-electron chi connectivity index (χ0n) is 14.7. The van der Waals surface area contributed by atoms with E-state index in [-0.39, 0.29) is 5.78 Å². The quantitative estimate of drug-likeness (QED) is 0.614. The maximum absolute atomic E-state index is 12.5. The van der Waals surface area contributed by atoms with Gasteiger partial charge in [0.25, 0.3) is 0 Å². The maximum Gasteiger partial charge on any atom is 0.342 e. The minimum atomic E-state index is -0.871. The van der Waals surface area contributed by atoms with Crippen LogP contribution in [0.5, 0.6) is 5.75 Å². The Balaban J connectivity index is 2.18. The molecule has 0 aliphatic heterocycles. The Morgan fingerprint density at radius 3 is 2.29 bits per heavy atom. The van der Waals surface area contributed by atoms with Crippen molar-refractivity contribution in [1.82, 2.24) is 0 Å². The first-order valence-corrected chi connectivity index (χ1v) is 7.80. The van der Waals surface area contributed by atoms with Crippen LogP contribution in [-0.2, 0) is 4.74 Å². The molecule has 0 fully saturated rings. The average Bonchev–Trinajstić information content (AvgIpc) is 2.56. The molecule has 0 spiro atoms. The highest BCUT2D eigenvalue weighted by Crippen LogP contribution is 2.22. The van der Waals surface area contributed by atoms with Gasteiger partial charge in [-0.25, -0.2) is 4.79 Å². The number of hydrogen-bond acceptors (Lipinski definition) is 4. The van der Waals surface area contributed by atoms with Crippen LogP contribution in [0.15, 0.2) is 36.4 Å². The largest absolute Gasteiger partial charge is 0.496 e. The smallest absolute Gasteiger partial charge is 0.342 e. The van der Waals surface area contributed by atoms with Crippen molar-refractivity contribution in [2.45, 2.75) is 33.8 Å². The molecule has 4 heteroatoms. The van der Waals surface area contributed by atoms with Gasteiger partial charge in [0, 0.05) is 5.56 Å². The molecule has 0 amide bonds. The van der Waals surface area contributed by atoms with Crippen molar-refractivity contribution in [3.8, 4) is 5.75 Å². The van der Waals surface area contributed by atoms with Crippen LogP contribution in [0.3, 0.4) is 0 Å². The van der Waals surface area contributed by atoms with Crippen LogP contribution < -0.4 is 4.74 Å². The van der Waals surface area contributed by atoms with E-state index in [4.69, 9.17) is 9.47 Å². The molecule has 24 heavy (non-hydrogen) atoms. The lowest BCUT2D eigenvalue weighted by Crippen LogP contribution is -2.24. The molecule has 0 unspecified atom stereocenters. The molecule has 2 aromatic carbocycles. The van der Waals surface area contributed by atoms with Crippen LogP contribution in [0.25, 0.3) is 0 Å². The van der Waals surface area contributed by atoms with E-state index in [9.17, 15) is 9.59 Å². The van der Waals surface area contributed by atoms with Crippen molar-refractivity contribution >= 4 is 11.8 Å². The number of hydrogen-bond donors (Lipinski definition) is 0. The number of carbonyl (C=O) groups excluding carboxylic acids is 2. The van der Waals surface area contributed by atoms with Gasteiger partial charge >= 0.3 is 5.97 Å². The van der Waals surface area contributed by atoms with Gasteiger partial charge in [0.15, 0.2) is 6.10 Å². The number of carbonyl (C=O) groups is 2. The fourth-order valence-electron chi connectivity index (χ4n) is 2.39. The van der Waals surface area contributed by atoms with Gasteiger partial charge < -0.3 is 9.47 Å². The molecule has 0 bridgehead atoms. The van der Waals surface area contributed by atoms with E-state index in [0.717, 1.165) is 16.7 Å². The maximum atomic E-state index is 12.5. The number of Topliss-reactive ketones (excluding diaryl/α,β-unsaturated/α-hetero) is 1. The molecule has 1 atom stereocenters. The van der Waals surface area contributed by atoms with Crippen LogP contribution in [-0.4, -0.2) is 25.0 Å². The fraction of sp³-hybridized carbons (Fsp3) is 0.300. The molecule has 0 saturated heterocycles. The lowest BCUT2D eigenvalue weighted by atomic mass is 10.0. The summed E-state index contributed by atoms with van der Waals surface area (Å²) in [5, 5.41) is 0. The molecule has 126 valence electrons. The van der Waals surface area contributed by atoms with E-state index >= 15 is 0 Å². The number of ether oxygens (including phenoxy) is 2. The Bertz CT molecular complexity index is 777. The van der Waals surface area contributed by atoms with Crippen molar-refractivity contribution < 1.29 is 19.1 Å². The standard InChI is InChI=1S/C20H22O4/c1-12-6-9-18(23-5)17(10-12)20(22)24-15(4)19(21)16-8-7-13(2)14(3)11-16/h6-11,15H,1-5H3/t15-/m0/s1. The number of rotatable bonds is 5. The van der Waals surface area contributed by atoms with Gasteiger partial charge in [-0.05, 0) is 57.0 Å². The van der Waals surface area contributed by atoms with Gasteiger partial charge in [-0.3, -0.25) is 4.79 Å². The molecule has 0 saturated carbocycles. The van der Waals surface area contributed by atoms with Gasteiger partial charge in [-0.2, -0.15) is 0 Å². The summed E-state index contributed by atoms with van der Waals surface area (Å²) in [6.07, 6.45) is -0.871. The predicted octanol–water partition coefficient (Wildman–Crippen LogP) is 4.05. The Morgan fingerprint density at radius 2 is 1.67 bits per heavy atom. The number of esters is 1. The van der Waals surface area contributed by atoms with Gasteiger partial charge in [-0.1, -0.05) is 23.8 Å². The van der Waals surface area contributed by atoms with Crippen LogP contribution >= 0.6 is 0 Å². The normalized spacial score (nSPS) is 11.7. The minimum Gasteiger partial charge on any atom is -0.496 e. The SMILES string of the molecule is COc1ccc(C)cc1C(=O)O[C@@H](C)C(=O)c1ccc(C)c(C)c1. The van der Waals surface area contributed by atoms with Gasteiger partial charge in [0.2, 0.25) is 5.78 Å². The minimum absolute atomic E-state index is 0.224.